The molecule has 1 amide bonds. The lowest BCUT2D eigenvalue weighted by atomic mass is 10.1. The van der Waals surface area contributed by atoms with Crippen LogP contribution in [-0.4, -0.2) is 40.2 Å². The molecular weight excluding hydrogens is 322 g/mol. The molecule has 6 nitrogen and oxygen atoms in total. The number of hydrogen-bond acceptors (Lipinski definition) is 5. The van der Waals surface area contributed by atoms with Crippen molar-refractivity contribution in [2.75, 3.05) is 18.0 Å². The average molecular weight is 339 g/mol. The zero-order valence-corrected chi connectivity index (χ0v) is 13.8. The molecule has 0 bridgehead atoms. The second-order valence-electron chi connectivity index (χ2n) is 5.76. The van der Waals surface area contributed by atoms with Gasteiger partial charge in [0.05, 0.1) is 17.5 Å². The van der Waals surface area contributed by atoms with Gasteiger partial charge < -0.3 is 10.2 Å². The van der Waals surface area contributed by atoms with Gasteiger partial charge in [0.2, 0.25) is 0 Å². The average Bonchev–Trinajstić information content (AvgIpc) is 3.36. The van der Waals surface area contributed by atoms with Crippen molar-refractivity contribution in [2.45, 2.75) is 12.5 Å². The maximum Gasteiger partial charge on any atom is 0.255 e. The van der Waals surface area contributed by atoms with E-state index in [0.717, 1.165) is 36.6 Å². The fourth-order valence-corrected chi connectivity index (χ4v) is 3.62. The van der Waals surface area contributed by atoms with Crippen molar-refractivity contribution in [3.8, 4) is 11.3 Å². The quantitative estimate of drug-likeness (QED) is 0.766. The number of anilines is 1. The lowest BCUT2D eigenvalue weighted by Crippen LogP contribution is -2.37. The predicted molar refractivity (Wildman–Crippen MR) is 94.2 cm³/mol. The number of nitrogens with one attached hydrogen (secondary N) is 2. The van der Waals surface area contributed by atoms with E-state index in [4.69, 9.17) is 0 Å². The monoisotopic (exact) mass is 339 g/mol. The Labute approximate surface area is 143 Å². The molecule has 0 saturated carbocycles. The first-order chi connectivity index (χ1) is 11.8. The first-order valence-electron chi connectivity index (χ1n) is 7.84. The molecule has 0 radical (unpaired) electrons. The number of carbonyl (C=O) groups is 1. The Hall–Kier alpha value is -2.67. The van der Waals surface area contributed by atoms with Gasteiger partial charge in [-0.25, -0.2) is 4.98 Å². The molecule has 1 aliphatic rings. The molecule has 1 fully saturated rings. The SMILES string of the molecule is O=C(N[C@@H]1CCN(c2ccccn2)C1)c1cn[nH]c1-c1ccsc1. The molecule has 4 heterocycles. The van der Waals surface area contributed by atoms with E-state index < -0.39 is 0 Å². The highest BCUT2D eigenvalue weighted by molar-refractivity contribution is 7.08. The van der Waals surface area contributed by atoms with Crippen molar-refractivity contribution in [1.29, 1.82) is 0 Å². The van der Waals surface area contributed by atoms with Gasteiger partial charge in [-0.15, -0.1) is 0 Å². The number of rotatable bonds is 4. The lowest BCUT2D eigenvalue weighted by Gasteiger charge is -2.17. The molecule has 0 aliphatic carbocycles. The first-order valence-corrected chi connectivity index (χ1v) is 8.78. The Balaban J connectivity index is 1.44. The summed E-state index contributed by atoms with van der Waals surface area (Å²) in [6.07, 6.45) is 4.29. The van der Waals surface area contributed by atoms with Gasteiger partial charge in [0, 0.05) is 36.3 Å². The van der Waals surface area contributed by atoms with Crippen molar-refractivity contribution >= 4 is 23.1 Å². The number of hydrogen-bond donors (Lipinski definition) is 2. The fraction of sp³-hybridized carbons (Fsp3) is 0.235. The van der Waals surface area contributed by atoms with Crippen molar-refractivity contribution in [1.82, 2.24) is 20.5 Å². The van der Waals surface area contributed by atoms with E-state index in [0.29, 0.717) is 5.56 Å². The third-order valence-electron chi connectivity index (χ3n) is 4.19. The molecule has 0 unspecified atom stereocenters. The normalized spacial score (nSPS) is 17.2. The van der Waals surface area contributed by atoms with Crippen molar-refractivity contribution < 1.29 is 4.79 Å². The molecule has 24 heavy (non-hydrogen) atoms. The number of pyridine rings is 1. The number of nitrogens with zero attached hydrogens (tertiary/aromatic N) is 3. The number of thiophene rings is 1. The van der Waals surface area contributed by atoms with Crippen LogP contribution < -0.4 is 10.2 Å². The number of carbonyl (C=O) groups excluding carboxylic acids is 1. The van der Waals surface area contributed by atoms with Crippen LogP contribution in [0.4, 0.5) is 5.82 Å². The van der Waals surface area contributed by atoms with E-state index in [9.17, 15) is 4.79 Å². The van der Waals surface area contributed by atoms with Gasteiger partial charge in [0.15, 0.2) is 0 Å². The van der Waals surface area contributed by atoms with Crippen LogP contribution in [0.15, 0.2) is 47.4 Å². The fourth-order valence-electron chi connectivity index (χ4n) is 2.98. The zero-order valence-electron chi connectivity index (χ0n) is 13.0. The Morgan fingerprint density at radius 2 is 2.33 bits per heavy atom. The molecular formula is C17H17N5OS. The van der Waals surface area contributed by atoms with E-state index in [1.54, 1.807) is 23.7 Å². The van der Waals surface area contributed by atoms with Crippen molar-refractivity contribution in [2.24, 2.45) is 0 Å². The van der Waals surface area contributed by atoms with Gasteiger partial charge in [-0.2, -0.15) is 16.4 Å². The van der Waals surface area contributed by atoms with Gasteiger partial charge in [0.25, 0.3) is 5.91 Å². The minimum absolute atomic E-state index is 0.0854. The lowest BCUT2D eigenvalue weighted by molar-refractivity contribution is 0.0941. The molecule has 1 saturated heterocycles. The summed E-state index contributed by atoms with van der Waals surface area (Å²) in [4.78, 5) is 19.2. The summed E-state index contributed by atoms with van der Waals surface area (Å²) < 4.78 is 0. The molecule has 2 N–H and O–H groups in total. The van der Waals surface area contributed by atoms with Crippen LogP contribution in [-0.2, 0) is 0 Å². The minimum atomic E-state index is -0.0854. The zero-order chi connectivity index (χ0) is 16.4. The summed E-state index contributed by atoms with van der Waals surface area (Å²) in [5.74, 6) is 0.870. The summed E-state index contributed by atoms with van der Waals surface area (Å²) in [6, 6.07) is 7.98. The van der Waals surface area contributed by atoms with E-state index in [2.05, 4.69) is 25.4 Å². The molecule has 4 rings (SSSR count). The predicted octanol–water partition coefficient (Wildman–Crippen LogP) is 2.54. The summed E-state index contributed by atoms with van der Waals surface area (Å²) in [7, 11) is 0. The van der Waals surface area contributed by atoms with Crippen LogP contribution in [0.3, 0.4) is 0 Å². The third kappa shape index (κ3) is 2.90. The molecule has 122 valence electrons. The highest BCUT2D eigenvalue weighted by Gasteiger charge is 2.26. The third-order valence-corrected chi connectivity index (χ3v) is 4.87. The van der Waals surface area contributed by atoms with E-state index in [1.165, 1.54) is 0 Å². The Bertz CT molecular complexity index is 815. The smallest absolute Gasteiger partial charge is 0.255 e. The van der Waals surface area contributed by atoms with Crippen molar-refractivity contribution in [3.05, 3.63) is 53.0 Å². The maximum absolute atomic E-state index is 12.6. The van der Waals surface area contributed by atoms with Crippen LogP contribution in [0.1, 0.15) is 16.8 Å². The number of aromatic nitrogens is 3. The number of aromatic amines is 1. The second kappa shape index (κ2) is 6.45. The maximum atomic E-state index is 12.6. The van der Waals surface area contributed by atoms with Crippen LogP contribution in [0.5, 0.6) is 0 Å². The molecule has 0 aromatic carbocycles. The first kappa shape index (κ1) is 14.9. The van der Waals surface area contributed by atoms with Gasteiger partial charge >= 0.3 is 0 Å². The van der Waals surface area contributed by atoms with E-state index in [1.807, 2.05) is 35.0 Å². The largest absolute Gasteiger partial charge is 0.354 e. The Morgan fingerprint density at radius 3 is 3.12 bits per heavy atom. The summed E-state index contributed by atoms with van der Waals surface area (Å²) in [6.45, 7) is 1.67. The molecule has 7 heteroatoms. The van der Waals surface area contributed by atoms with Crippen LogP contribution in [0, 0.1) is 0 Å². The highest BCUT2D eigenvalue weighted by Crippen LogP contribution is 2.24. The highest BCUT2D eigenvalue weighted by atomic mass is 32.1. The second-order valence-corrected chi connectivity index (χ2v) is 6.54. The molecule has 1 atom stereocenters. The van der Waals surface area contributed by atoms with Crippen LogP contribution in [0.2, 0.25) is 0 Å². The summed E-state index contributed by atoms with van der Waals surface area (Å²) in [5.41, 5.74) is 2.35. The molecule has 0 spiro atoms. The van der Waals surface area contributed by atoms with Crippen molar-refractivity contribution in [3.63, 3.8) is 0 Å². The summed E-state index contributed by atoms with van der Waals surface area (Å²) >= 11 is 1.60. The topological polar surface area (TPSA) is 73.9 Å². The van der Waals surface area contributed by atoms with Gasteiger partial charge in [-0.1, -0.05) is 6.07 Å². The van der Waals surface area contributed by atoms with Gasteiger partial charge in [-0.3, -0.25) is 9.89 Å². The minimum Gasteiger partial charge on any atom is -0.354 e. The number of H-pyrrole nitrogens is 1. The molecule has 1 aliphatic heterocycles. The molecule has 3 aromatic heterocycles. The van der Waals surface area contributed by atoms with Crippen LogP contribution >= 0.6 is 11.3 Å². The summed E-state index contributed by atoms with van der Waals surface area (Å²) in [5, 5.41) is 14.1. The Kier molecular flexibility index (Phi) is 4.00. The Morgan fingerprint density at radius 1 is 1.38 bits per heavy atom. The molecule has 3 aromatic rings. The van der Waals surface area contributed by atoms with E-state index >= 15 is 0 Å². The standard InChI is InChI=1S/C17H17N5OS/c23-17(14-9-19-21-16(14)12-5-8-24-11-12)20-13-4-7-22(10-13)15-3-1-2-6-18-15/h1-3,5-6,8-9,11,13H,4,7,10H2,(H,19,21)(H,20,23)/t13-/m1/s1. The van der Waals surface area contributed by atoms with Gasteiger partial charge in [0.1, 0.15) is 5.82 Å². The van der Waals surface area contributed by atoms with E-state index in [-0.39, 0.29) is 11.9 Å². The number of amides is 1. The van der Waals surface area contributed by atoms with Gasteiger partial charge in [-0.05, 0) is 30.0 Å². The van der Waals surface area contributed by atoms with Crippen LogP contribution in [0.25, 0.3) is 11.3 Å².